The van der Waals surface area contributed by atoms with Crippen LogP contribution in [0.15, 0.2) is 12.7 Å². The fourth-order valence-corrected chi connectivity index (χ4v) is 1.84. The number of hydrogen-bond acceptors (Lipinski definition) is 3. The molecule has 0 aromatic carbocycles. The maximum Gasteiger partial charge on any atom is 0.251 e. The second-order valence-corrected chi connectivity index (χ2v) is 3.98. The Labute approximate surface area is 80.1 Å². The van der Waals surface area contributed by atoms with Gasteiger partial charge in [-0.3, -0.25) is 4.68 Å². The maximum absolute atomic E-state index is 12.6. The summed E-state index contributed by atoms with van der Waals surface area (Å²) in [6.45, 7) is 0.548. The topological polar surface area (TPSA) is 56.7 Å². The van der Waals surface area contributed by atoms with Crippen molar-refractivity contribution in [2.75, 3.05) is 0 Å². The second-order valence-electron chi connectivity index (χ2n) is 3.98. The third-order valence-electron chi connectivity index (χ3n) is 2.53. The molecule has 0 unspecified atom stereocenters. The first-order valence-electron chi connectivity index (χ1n) is 4.48. The molecule has 1 heterocycles. The van der Waals surface area contributed by atoms with E-state index >= 15 is 0 Å². The summed E-state index contributed by atoms with van der Waals surface area (Å²) in [5, 5.41) is 3.88. The van der Waals surface area contributed by atoms with E-state index in [9.17, 15) is 8.78 Å². The SMILES string of the molecule is NC1(CCn2cncn2)CC(F)(F)C1. The summed E-state index contributed by atoms with van der Waals surface area (Å²) in [5.41, 5.74) is 5.04. The Balaban J connectivity index is 1.82. The highest BCUT2D eigenvalue weighted by atomic mass is 19.3. The van der Waals surface area contributed by atoms with E-state index in [1.807, 2.05) is 0 Å². The quantitative estimate of drug-likeness (QED) is 0.788. The number of nitrogens with zero attached hydrogens (tertiary/aromatic N) is 3. The lowest BCUT2D eigenvalue weighted by Gasteiger charge is -2.44. The number of hydrogen-bond donors (Lipinski definition) is 1. The molecule has 0 radical (unpaired) electrons. The molecule has 1 aliphatic rings. The smallest absolute Gasteiger partial charge is 0.251 e. The molecular formula is C8H12F2N4. The average molecular weight is 202 g/mol. The van der Waals surface area contributed by atoms with Crippen LogP contribution in [0.5, 0.6) is 0 Å². The molecule has 0 aliphatic heterocycles. The number of aromatic nitrogens is 3. The summed E-state index contributed by atoms with van der Waals surface area (Å²) in [6.07, 6.45) is 3.06. The van der Waals surface area contributed by atoms with Crippen LogP contribution >= 0.6 is 0 Å². The van der Waals surface area contributed by atoms with Crippen LogP contribution in [-0.2, 0) is 6.54 Å². The number of rotatable bonds is 3. The Hall–Kier alpha value is -1.04. The van der Waals surface area contributed by atoms with Crippen molar-refractivity contribution < 1.29 is 8.78 Å². The van der Waals surface area contributed by atoms with Crippen molar-refractivity contribution in [3.8, 4) is 0 Å². The van der Waals surface area contributed by atoms with E-state index in [2.05, 4.69) is 10.1 Å². The average Bonchev–Trinajstić information content (AvgIpc) is 2.48. The largest absolute Gasteiger partial charge is 0.325 e. The number of halogens is 2. The first-order chi connectivity index (χ1) is 6.49. The van der Waals surface area contributed by atoms with Crippen molar-refractivity contribution in [2.24, 2.45) is 5.73 Å². The molecule has 1 aliphatic carbocycles. The van der Waals surface area contributed by atoms with E-state index < -0.39 is 11.5 Å². The van der Waals surface area contributed by atoms with Crippen LogP contribution in [0.3, 0.4) is 0 Å². The summed E-state index contributed by atoms with van der Waals surface area (Å²) in [4.78, 5) is 3.76. The second kappa shape index (κ2) is 2.98. The number of alkyl halides is 2. The molecule has 2 rings (SSSR count). The van der Waals surface area contributed by atoms with Crippen LogP contribution in [0.4, 0.5) is 8.78 Å². The van der Waals surface area contributed by atoms with Gasteiger partial charge in [0.15, 0.2) is 0 Å². The highest BCUT2D eigenvalue weighted by Gasteiger charge is 2.53. The summed E-state index contributed by atoms with van der Waals surface area (Å²) in [5.74, 6) is -2.56. The minimum absolute atomic E-state index is 0.214. The molecule has 0 bridgehead atoms. The maximum atomic E-state index is 12.6. The van der Waals surface area contributed by atoms with Crippen molar-refractivity contribution >= 4 is 0 Å². The van der Waals surface area contributed by atoms with Crippen molar-refractivity contribution in [3.05, 3.63) is 12.7 Å². The predicted molar refractivity (Wildman–Crippen MR) is 45.7 cm³/mol. The third kappa shape index (κ3) is 1.89. The number of aryl methyl sites for hydroxylation is 1. The van der Waals surface area contributed by atoms with Crippen LogP contribution in [0.25, 0.3) is 0 Å². The highest BCUT2D eigenvalue weighted by Crippen LogP contribution is 2.45. The van der Waals surface area contributed by atoms with Crippen LogP contribution in [0.1, 0.15) is 19.3 Å². The fraction of sp³-hybridized carbons (Fsp3) is 0.750. The molecule has 4 nitrogen and oxygen atoms in total. The Morgan fingerprint density at radius 3 is 2.64 bits per heavy atom. The van der Waals surface area contributed by atoms with Gasteiger partial charge in [0, 0.05) is 24.9 Å². The van der Waals surface area contributed by atoms with Gasteiger partial charge in [-0.2, -0.15) is 5.10 Å². The lowest BCUT2D eigenvalue weighted by atomic mass is 9.72. The van der Waals surface area contributed by atoms with E-state index in [0.717, 1.165) is 0 Å². The van der Waals surface area contributed by atoms with E-state index in [1.54, 1.807) is 11.0 Å². The Bertz CT molecular complexity index is 301. The van der Waals surface area contributed by atoms with Gasteiger partial charge < -0.3 is 5.73 Å². The van der Waals surface area contributed by atoms with Gasteiger partial charge in [0.25, 0.3) is 5.92 Å². The van der Waals surface area contributed by atoms with E-state index in [-0.39, 0.29) is 12.8 Å². The summed E-state index contributed by atoms with van der Waals surface area (Å²) < 4.78 is 26.8. The van der Waals surface area contributed by atoms with Crippen molar-refractivity contribution in [1.29, 1.82) is 0 Å². The fourth-order valence-electron chi connectivity index (χ4n) is 1.84. The van der Waals surface area contributed by atoms with Crippen LogP contribution in [-0.4, -0.2) is 26.2 Å². The molecule has 0 saturated heterocycles. The first-order valence-corrected chi connectivity index (χ1v) is 4.48. The zero-order chi connectivity index (χ0) is 10.2. The van der Waals surface area contributed by atoms with Crippen molar-refractivity contribution in [2.45, 2.75) is 37.3 Å². The highest BCUT2D eigenvalue weighted by molar-refractivity contribution is 5.03. The standard InChI is InChI=1S/C8H12F2N4/c9-8(10)3-7(11,4-8)1-2-14-6-12-5-13-14/h5-6H,1-4,11H2. The summed E-state index contributed by atoms with van der Waals surface area (Å²) in [7, 11) is 0. The molecule has 6 heteroatoms. The van der Waals surface area contributed by atoms with Gasteiger partial charge >= 0.3 is 0 Å². The van der Waals surface area contributed by atoms with Gasteiger partial charge in [0.2, 0.25) is 0 Å². The minimum Gasteiger partial charge on any atom is -0.325 e. The number of nitrogens with two attached hydrogens (primary N) is 1. The molecule has 0 amide bonds. The van der Waals surface area contributed by atoms with E-state index in [4.69, 9.17) is 5.73 Å². The molecular weight excluding hydrogens is 190 g/mol. The zero-order valence-electron chi connectivity index (χ0n) is 7.66. The summed E-state index contributed by atoms with van der Waals surface area (Å²) >= 11 is 0. The lowest BCUT2D eigenvalue weighted by Crippen LogP contribution is -2.58. The molecule has 1 fully saturated rings. The zero-order valence-corrected chi connectivity index (χ0v) is 7.66. The van der Waals surface area contributed by atoms with Crippen LogP contribution in [0.2, 0.25) is 0 Å². The normalized spacial score (nSPS) is 23.1. The van der Waals surface area contributed by atoms with E-state index in [0.29, 0.717) is 13.0 Å². The van der Waals surface area contributed by atoms with Crippen LogP contribution in [0, 0.1) is 0 Å². The molecule has 0 spiro atoms. The monoisotopic (exact) mass is 202 g/mol. The van der Waals surface area contributed by atoms with Gasteiger partial charge in [-0.1, -0.05) is 0 Å². The molecule has 0 atom stereocenters. The third-order valence-corrected chi connectivity index (χ3v) is 2.53. The van der Waals surface area contributed by atoms with Gasteiger partial charge in [-0.25, -0.2) is 13.8 Å². The minimum atomic E-state index is -2.56. The molecule has 1 aromatic rings. The van der Waals surface area contributed by atoms with Gasteiger partial charge in [0.1, 0.15) is 12.7 Å². The lowest BCUT2D eigenvalue weighted by molar-refractivity contribution is -0.125. The molecule has 14 heavy (non-hydrogen) atoms. The first kappa shape index (κ1) is 9.51. The van der Waals surface area contributed by atoms with Gasteiger partial charge in [-0.15, -0.1) is 0 Å². The van der Waals surface area contributed by atoms with Crippen molar-refractivity contribution in [1.82, 2.24) is 14.8 Å². The van der Waals surface area contributed by atoms with E-state index in [1.165, 1.54) is 6.33 Å². The molecule has 78 valence electrons. The summed E-state index contributed by atoms with van der Waals surface area (Å²) in [6, 6.07) is 0. The van der Waals surface area contributed by atoms with Crippen LogP contribution < -0.4 is 5.73 Å². The van der Waals surface area contributed by atoms with Crippen molar-refractivity contribution in [3.63, 3.8) is 0 Å². The van der Waals surface area contributed by atoms with Gasteiger partial charge in [-0.05, 0) is 6.42 Å². The molecule has 2 N–H and O–H groups in total. The predicted octanol–water partition coefficient (Wildman–Crippen LogP) is 0.795. The van der Waals surface area contributed by atoms with Gasteiger partial charge in [0.05, 0.1) is 0 Å². The molecule has 1 saturated carbocycles. The Morgan fingerprint density at radius 1 is 1.43 bits per heavy atom. The molecule has 1 aromatic heterocycles. The Kier molecular flexibility index (Phi) is 2.02. The Morgan fingerprint density at radius 2 is 2.14 bits per heavy atom.